The molecule has 2 nitrogen and oxygen atoms in total. The largest absolute Gasteiger partial charge is 0.310 e. The van der Waals surface area contributed by atoms with Crippen molar-refractivity contribution >= 4 is 11.3 Å². The molecule has 1 heterocycles. The van der Waals surface area contributed by atoms with Crippen LogP contribution in [0.5, 0.6) is 0 Å². The van der Waals surface area contributed by atoms with Gasteiger partial charge in [0.25, 0.3) is 0 Å². The highest BCUT2D eigenvalue weighted by molar-refractivity contribution is 7.09. The maximum absolute atomic E-state index is 4.39. The van der Waals surface area contributed by atoms with Gasteiger partial charge in [0.05, 0.1) is 5.01 Å². The molecular weight excluding hydrogens is 264 g/mol. The van der Waals surface area contributed by atoms with Gasteiger partial charge in [0, 0.05) is 30.1 Å². The highest BCUT2D eigenvalue weighted by Gasteiger charge is 2.14. The molecule has 1 aromatic carbocycles. The summed E-state index contributed by atoms with van der Waals surface area (Å²) in [5, 5.41) is 6.92. The second kappa shape index (κ2) is 6.06. The van der Waals surface area contributed by atoms with Gasteiger partial charge in [-0.3, -0.25) is 0 Å². The Morgan fingerprint density at radius 3 is 2.90 bits per heavy atom. The van der Waals surface area contributed by atoms with Crippen LogP contribution < -0.4 is 5.32 Å². The van der Waals surface area contributed by atoms with E-state index in [4.69, 9.17) is 0 Å². The summed E-state index contributed by atoms with van der Waals surface area (Å²) < 4.78 is 0. The third-order valence-electron chi connectivity index (χ3n) is 4.23. The third kappa shape index (κ3) is 2.94. The van der Waals surface area contributed by atoms with Gasteiger partial charge in [0.2, 0.25) is 0 Å². The lowest BCUT2D eigenvalue weighted by Crippen LogP contribution is -2.23. The molecule has 0 amide bonds. The quantitative estimate of drug-likeness (QED) is 0.895. The lowest BCUT2D eigenvalue weighted by molar-refractivity contribution is 0.536. The second-order valence-corrected chi connectivity index (χ2v) is 6.71. The molecule has 1 N–H and O–H groups in total. The maximum atomic E-state index is 4.39. The Morgan fingerprint density at radius 1 is 1.25 bits per heavy atom. The van der Waals surface area contributed by atoms with E-state index in [1.54, 1.807) is 22.5 Å². The maximum Gasteiger partial charge on any atom is 0.0965 e. The molecular formula is C17H22N2S. The number of benzene rings is 1. The average Bonchev–Trinajstić information content (AvgIpc) is 3.13. The number of thiazole rings is 1. The van der Waals surface area contributed by atoms with Crippen LogP contribution in [0, 0.1) is 0 Å². The van der Waals surface area contributed by atoms with Crippen molar-refractivity contribution in [1.29, 1.82) is 0 Å². The van der Waals surface area contributed by atoms with Crippen LogP contribution in [-0.4, -0.2) is 11.5 Å². The zero-order chi connectivity index (χ0) is 13.9. The van der Waals surface area contributed by atoms with Gasteiger partial charge in [0.15, 0.2) is 0 Å². The van der Waals surface area contributed by atoms with Crippen LogP contribution in [0.25, 0.3) is 0 Å². The first-order valence-corrected chi connectivity index (χ1v) is 8.36. The molecule has 2 aromatic rings. The number of fused-ring (bicyclic) bond motifs is 1. The van der Waals surface area contributed by atoms with Crippen molar-refractivity contribution < 1.29 is 0 Å². The van der Waals surface area contributed by atoms with Crippen molar-refractivity contribution in [3.63, 3.8) is 0 Å². The first-order chi connectivity index (χ1) is 9.74. The zero-order valence-corrected chi connectivity index (χ0v) is 13.0. The van der Waals surface area contributed by atoms with Crippen LogP contribution in [0.3, 0.4) is 0 Å². The molecule has 0 saturated heterocycles. The lowest BCUT2D eigenvalue weighted by Gasteiger charge is -2.18. The smallest absolute Gasteiger partial charge is 0.0965 e. The Hall–Kier alpha value is -1.19. The van der Waals surface area contributed by atoms with Crippen LogP contribution in [0.1, 0.15) is 53.9 Å². The van der Waals surface area contributed by atoms with E-state index in [9.17, 15) is 0 Å². The van der Waals surface area contributed by atoms with E-state index < -0.39 is 0 Å². The fourth-order valence-corrected chi connectivity index (χ4v) is 3.60. The first-order valence-electron chi connectivity index (χ1n) is 7.48. The van der Waals surface area contributed by atoms with E-state index in [0.717, 1.165) is 6.54 Å². The number of hydrogen-bond donors (Lipinski definition) is 1. The summed E-state index contributed by atoms with van der Waals surface area (Å²) >= 11 is 1.74. The number of hydrogen-bond acceptors (Lipinski definition) is 3. The zero-order valence-electron chi connectivity index (χ0n) is 12.2. The normalized spacial score (nSPS) is 16.9. The molecule has 3 rings (SSSR count). The summed E-state index contributed by atoms with van der Waals surface area (Å²) in [6, 6.07) is 7.41. The number of rotatable bonds is 5. The average molecular weight is 286 g/mol. The number of aryl methyl sites for hydroxylation is 2. The molecule has 0 aliphatic heterocycles. The summed E-state index contributed by atoms with van der Waals surface area (Å²) in [5.74, 6) is 0.479. The summed E-state index contributed by atoms with van der Waals surface area (Å²) in [5.41, 5.74) is 4.53. The summed E-state index contributed by atoms with van der Waals surface area (Å²) in [4.78, 5) is 4.39. The number of nitrogens with one attached hydrogen (secondary N) is 1. The predicted octanol–water partition coefficient (Wildman–Crippen LogP) is 4.09. The highest BCUT2D eigenvalue weighted by atomic mass is 32.1. The SMILES string of the molecule is CC(CNC(C)c1ccc2c(c1)CCC2)c1nccs1. The van der Waals surface area contributed by atoms with Crippen LogP contribution in [0.2, 0.25) is 0 Å². The van der Waals surface area contributed by atoms with Gasteiger partial charge < -0.3 is 5.32 Å². The van der Waals surface area contributed by atoms with E-state index in [1.165, 1.54) is 29.8 Å². The van der Waals surface area contributed by atoms with Gasteiger partial charge >= 0.3 is 0 Å². The molecule has 106 valence electrons. The van der Waals surface area contributed by atoms with Gasteiger partial charge in [-0.25, -0.2) is 4.98 Å². The summed E-state index contributed by atoms with van der Waals surface area (Å²) in [7, 11) is 0. The van der Waals surface area contributed by atoms with Crippen molar-refractivity contribution in [2.24, 2.45) is 0 Å². The Balaban J connectivity index is 1.60. The van der Waals surface area contributed by atoms with E-state index >= 15 is 0 Å². The van der Waals surface area contributed by atoms with Gasteiger partial charge in [-0.2, -0.15) is 0 Å². The molecule has 1 aliphatic rings. The number of aromatic nitrogens is 1. The summed E-state index contributed by atoms with van der Waals surface area (Å²) in [6.45, 7) is 5.47. The van der Waals surface area contributed by atoms with Gasteiger partial charge in [-0.05, 0) is 42.9 Å². The molecule has 0 spiro atoms. The fourth-order valence-electron chi connectivity index (χ4n) is 2.90. The molecule has 0 radical (unpaired) electrons. The van der Waals surface area contributed by atoms with Crippen molar-refractivity contribution in [2.75, 3.05) is 6.54 Å². The molecule has 3 heteroatoms. The third-order valence-corrected chi connectivity index (χ3v) is 5.23. The van der Waals surface area contributed by atoms with Crippen LogP contribution in [-0.2, 0) is 12.8 Å². The van der Waals surface area contributed by atoms with Gasteiger partial charge in [0.1, 0.15) is 0 Å². The van der Waals surface area contributed by atoms with E-state index in [-0.39, 0.29) is 0 Å². The fraction of sp³-hybridized carbons (Fsp3) is 0.471. The molecule has 0 fully saturated rings. The standard InChI is InChI=1S/C17H22N2S/c1-12(17-18-8-9-20-17)11-19-13(2)15-7-6-14-4-3-5-16(14)10-15/h6-10,12-13,19H,3-5,11H2,1-2H3. The molecule has 0 bridgehead atoms. The monoisotopic (exact) mass is 286 g/mol. The Kier molecular flexibility index (Phi) is 4.18. The van der Waals surface area contributed by atoms with Crippen LogP contribution in [0.15, 0.2) is 29.8 Å². The highest BCUT2D eigenvalue weighted by Crippen LogP contribution is 2.26. The number of nitrogens with zero attached hydrogens (tertiary/aromatic N) is 1. The van der Waals surface area contributed by atoms with Crippen molar-refractivity contribution in [1.82, 2.24) is 10.3 Å². The Morgan fingerprint density at radius 2 is 2.10 bits per heavy atom. The van der Waals surface area contributed by atoms with E-state index in [1.807, 2.05) is 6.20 Å². The minimum atomic E-state index is 0.406. The van der Waals surface area contributed by atoms with Crippen molar-refractivity contribution in [3.05, 3.63) is 51.5 Å². The van der Waals surface area contributed by atoms with Gasteiger partial charge in [-0.1, -0.05) is 25.1 Å². The molecule has 20 heavy (non-hydrogen) atoms. The van der Waals surface area contributed by atoms with E-state index in [0.29, 0.717) is 12.0 Å². The van der Waals surface area contributed by atoms with E-state index in [2.05, 4.69) is 47.7 Å². The van der Waals surface area contributed by atoms with Gasteiger partial charge in [-0.15, -0.1) is 11.3 Å². The topological polar surface area (TPSA) is 24.9 Å². The summed E-state index contributed by atoms with van der Waals surface area (Å²) in [6.07, 6.45) is 5.73. The second-order valence-electron chi connectivity index (χ2n) is 5.78. The molecule has 0 saturated carbocycles. The van der Waals surface area contributed by atoms with Crippen molar-refractivity contribution in [3.8, 4) is 0 Å². The van der Waals surface area contributed by atoms with Crippen molar-refractivity contribution in [2.45, 2.75) is 45.1 Å². The Labute approximate surface area is 125 Å². The van der Waals surface area contributed by atoms with Crippen LogP contribution in [0.4, 0.5) is 0 Å². The predicted molar refractivity (Wildman–Crippen MR) is 85.4 cm³/mol. The lowest BCUT2D eigenvalue weighted by atomic mass is 10.0. The molecule has 2 atom stereocenters. The minimum absolute atomic E-state index is 0.406. The Bertz CT molecular complexity index is 562. The first kappa shape index (κ1) is 13.8. The minimum Gasteiger partial charge on any atom is -0.310 e. The molecule has 1 aliphatic carbocycles. The molecule has 1 aromatic heterocycles. The van der Waals surface area contributed by atoms with Crippen LogP contribution >= 0.6 is 11.3 Å². The molecule has 2 unspecified atom stereocenters.